The van der Waals surface area contributed by atoms with Gasteiger partial charge in [-0.15, -0.1) is 0 Å². The van der Waals surface area contributed by atoms with E-state index in [1.165, 1.54) is 11.8 Å². The summed E-state index contributed by atoms with van der Waals surface area (Å²) < 4.78 is 0. The van der Waals surface area contributed by atoms with E-state index in [2.05, 4.69) is 16.4 Å². The lowest BCUT2D eigenvalue weighted by atomic mass is 10.1. The van der Waals surface area contributed by atoms with Gasteiger partial charge in [0.25, 0.3) is 5.91 Å². The summed E-state index contributed by atoms with van der Waals surface area (Å²) in [5.74, 6) is -0.104. The molecule has 1 amide bonds. The first-order chi connectivity index (χ1) is 11.6. The quantitative estimate of drug-likeness (QED) is 0.817. The van der Waals surface area contributed by atoms with Crippen LogP contribution in [0.4, 0.5) is 5.69 Å². The van der Waals surface area contributed by atoms with E-state index in [1.807, 2.05) is 74.5 Å². The molecule has 0 aliphatic carbocycles. The number of thioether (sulfide) groups is 1. The van der Waals surface area contributed by atoms with Crippen LogP contribution in [0.5, 0.6) is 0 Å². The maximum Gasteiger partial charge on any atom is 0.264 e. The molecule has 1 saturated heterocycles. The molecule has 0 spiro atoms. The topological polar surface area (TPSA) is 41.5 Å². The molecular weight excluding hydrogens is 316 g/mol. The maximum atomic E-state index is 12.1. The van der Waals surface area contributed by atoms with Crippen LogP contribution < -0.4 is 5.32 Å². The Hall–Kier alpha value is -2.59. The molecule has 1 aliphatic heterocycles. The molecule has 1 fully saturated rings. The molecule has 24 heavy (non-hydrogen) atoms. The number of allylic oxidation sites excluding steroid dienone is 2. The monoisotopic (exact) mass is 334 g/mol. The van der Waals surface area contributed by atoms with Crippen molar-refractivity contribution in [1.82, 2.24) is 5.32 Å². The molecule has 0 saturated carbocycles. The molecule has 3 nitrogen and oxygen atoms in total. The summed E-state index contributed by atoms with van der Waals surface area (Å²) in [5.41, 5.74) is 4.12. The van der Waals surface area contributed by atoms with Crippen molar-refractivity contribution in [3.8, 4) is 0 Å². The average molecular weight is 334 g/mol. The average Bonchev–Trinajstić information content (AvgIpc) is 2.87. The predicted molar refractivity (Wildman–Crippen MR) is 102 cm³/mol. The van der Waals surface area contributed by atoms with E-state index < -0.39 is 0 Å². The first-order valence-electron chi connectivity index (χ1n) is 7.70. The highest BCUT2D eigenvalue weighted by Crippen LogP contribution is 2.27. The smallest absolute Gasteiger partial charge is 0.264 e. The molecule has 0 aromatic heterocycles. The van der Waals surface area contributed by atoms with Crippen LogP contribution >= 0.6 is 11.8 Å². The number of nitrogens with zero attached hydrogens (tertiary/aromatic N) is 1. The zero-order valence-electron chi connectivity index (χ0n) is 13.6. The van der Waals surface area contributed by atoms with Crippen LogP contribution in [0.25, 0.3) is 6.08 Å². The maximum absolute atomic E-state index is 12.1. The molecule has 1 heterocycles. The van der Waals surface area contributed by atoms with Gasteiger partial charge in [0, 0.05) is 0 Å². The van der Waals surface area contributed by atoms with Crippen molar-refractivity contribution in [1.29, 1.82) is 0 Å². The predicted octanol–water partition coefficient (Wildman–Crippen LogP) is 4.83. The lowest BCUT2D eigenvalue weighted by Crippen LogP contribution is -2.19. The number of carbonyl (C=O) groups excluding carboxylic acids is 1. The highest BCUT2D eigenvalue weighted by molar-refractivity contribution is 8.18. The summed E-state index contributed by atoms with van der Waals surface area (Å²) in [6.07, 6.45) is 3.95. The lowest BCUT2D eigenvalue weighted by Gasteiger charge is -1.97. The van der Waals surface area contributed by atoms with Crippen LogP contribution in [0, 0.1) is 6.92 Å². The molecule has 0 atom stereocenters. The van der Waals surface area contributed by atoms with Gasteiger partial charge in [0.1, 0.15) is 0 Å². The Morgan fingerprint density at radius 1 is 1.12 bits per heavy atom. The zero-order valence-corrected chi connectivity index (χ0v) is 14.4. The van der Waals surface area contributed by atoms with Gasteiger partial charge < -0.3 is 5.32 Å². The summed E-state index contributed by atoms with van der Waals surface area (Å²) in [5, 5.41) is 3.43. The van der Waals surface area contributed by atoms with Crippen LogP contribution in [0.1, 0.15) is 18.1 Å². The Labute approximate surface area is 146 Å². The van der Waals surface area contributed by atoms with Crippen molar-refractivity contribution in [2.75, 3.05) is 0 Å². The SMILES string of the molecule is CC(=C/c1ccccc1)/C=C1\SC(=Nc2cccc(C)c2)NC1=O. The highest BCUT2D eigenvalue weighted by Gasteiger charge is 2.23. The number of aliphatic imine (C=N–C) groups is 1. The van der Waals surface area contributed by atoms with E-state index in [9.17, 15) is 4.79 Å². The summed E-state index contributed by atoms with van der Waals surface area (Å²) in [6, 6.07) is 17.9. The van der Waals surface area contributed by atoms with Crippen molar-refractivity contribution in [2.24, 2.45) is 4.99 Å². The van der Waals surface area contributed by atoms with Gasteiger partial charge in [-0.25, -0.2) is 4.99 Å². The van der Waals surface area contributed by atoms with Crippen LogP contribution in [0.2, 0.25) is 0 Å². The van der Waals surface area contributed by atoms with Crippen molar-refractivity contribution < 1.29 is 4.79 Å². The fourth-order valence-electron chi connectivity index (χ4n) is 2.36. The number of nitrogens with one attached hydrogen (secondary N) is 1. The lowest BCUT2D eigenvalue weighted by molar-refractivity contribution is -0.115. The molecule has 4 heteroatoms. The molecule has 2 aromatic carbocycles. The van der Waals surface area contributed by atoms with Crippen molar-refractivity contribution in [3.63, 3.8) is 0 Å². The van der Waals surface area contributed by atoms with E-state index in [-0.39, 0.29) is 5.91 Å². The minimum atomic E-state index is -0.104. The van der Waals surface area contributed by atoms with Crippen molar-refractivity contribution >= 4 is 34.6 Å². The van der Waals surface area contributed by atoms with Gasteiger partial charge in [-0.1, -0.05) is 48.5 Å². The second-order valence-corrected chi connectivity index (χ2v) is 6.65. The van der Waals surface area contributed by atoms with Gasteiger partial charge in [-0.2, -0.15) is 0 Å². The molecule has 0 bridgehead atoms. The molecule has 120 valence electrons. The molecular formula is C20H18N2OS. The second-order valence-electron chi connectivity index (χ2n) is 5.62. The Morgan fingerprint density at radius 3 is 2.67 bits per heavy atom. The van der Waals surface area contributed by atoms with Crippen molar-refractivity contribution in [3.05, 3.63) is 82.3 Å². The normalized spacial score (nSPS) is 18.2. The fourth-order valence-corrected chi connectivity index (χ4v) is 3.25. The Morgan fingerprint density at radius 2 is 1.92 bits per heavy atom. The minimum absolute atomic E-state index is 0.104. The molecule has 1 aliphatic rings. The first kappa shape index (κ1) is 16.3. The number of carbonyl (C=O) groups is 1. The van der Waals surface area contributed by atoms with E-state index in [0.29, 0.717) is 10.1 Å². The van der Waals surface area contributed by atoms with E-state index in [0.717, 1.165) is 22.4 Å². The van der Waals surface area contributed by atoms with E-state index in [4.69, 9.17) is 0 Å². The van der Waals surface area contributed by atoms with Crippen LogP contribution in [-0.4, -0.2) is 11.1 Å². The summed E-state index contributed by atoms with van der Waals surface area (Å²) in [7, 11) is 0. The van der Waals surface area contributed by atoms with Crippen LogP contribution in [0.3, 0.4) is 0 Å². The third kappa shape index (κ3) is 4.24. The van der Waals surface area contributed by atoms with Gasteiger partial charge in [0.2, 0.25) is 0 Å². The molecule has 0 unspecified atom stereocenters. The third-order valence-electron chi connectivity index (χ3n) is 3.44. The number of aryl methyl sites for hydroxylation is 1. The number of hydrogen-bond acceptors (Lipinski definition) is 3. The van der Waals surface area contributed by atoms with Crippen LogP contribution in [-0.2, 0) is 4.79 Å². The van der Waals surface area contributed by atoms with Gasteiger partial charge >= 0.3 is 0 Å². The second kappa shape index (κ2) is 7.32. The van der Waals surface area contributed by atoms with E-state index in [1.54, 1.807) is 0 Å². The van der Waals surface area contributed by atoms with Gasteiger partial charge in [0.05, 0.1) is 10.6 Å². The third-order valence-corrected chi connectivity index (χ3v) is 4.35. The number of benzene rings is 2. The molecule has 1 N–H and O–H groups in total. The molecule has 2 aromatic rings. The van der Waals surface area contributed by atoms with Gasteiger partial charge in [-0.3, -0.25) is 4.79 Å². The van der Waals surface area contributed by atoms with E-state index >= 15 is 0 Å². The Kier molecular flexibility index (Phi) is 4.96. The number of hydrogen-bond donors (Lipinski definition) is 1. The Bertz CT molecular complexity index is 851. The van der Waals surface area contributed by atoms with Gasteiger partial charge in [0.15, 0.2) is 5.17 Å². The highest BCUT2D eigenvalue weighted by atomic mass is 32.2. The van der Waals surface area contributed by atoms with Gasteiger partial charge in [-0.05, 0) is 60.5 Å². The van der Waals surface area contributed by atoms with Crippen molar-refractivity contribution in [2.45, 2.75) is 13.8 Å². The number of rotatable bonds is 3. The summed E-state index contributed by atoms with van der Waals surface area (Å²) >= 11 is 1.37. The summed E-state index contributed by atoms with van der Waals surface area (Å²) in [6.45, 7) is 4.01. The summed E-state index contributed by atoms with van der Waals surface area (Å²) in [4.78, 5) is 17.3. The zero-order chi connectivity index (χ0) is 16.9. The number of amides is 1. The minimum Gasteiger partial charge on any atom is -0.300 e. The molecule has 0 radical (unpaired) electrons. The van der Waals surface area contributed by atoms with Crippen LogP contribution in [0.15, 0.2) is 76.1 Å². The number of amidine groups is 1. The largest absolute Gasteiger partial charge is 0.300 e. The first-order valence-corrected chi connectivity index (χ1v) is 8.51. The molecule has 3 rings (SSSR count). The fraction of sp³-hybridized carbons (Fsp3) is 0.100. The Balaban J connectivity index is 1.78. The standard InChI is InChI=1S/C20H18N2OS/c1-14-7-6-10-17(12-14)21-20-22-19(23)18(24-20)13-15(2)11-16-8-4-3-5-9-16/h3-13H,1-2H3,(H,21,22,23)/b15-11-,18-13-.